The summed E-state index contributed by atoms with van der Waals surface area (Å²) in [5.74, 6) is -1.67. The third kappa shape index (κ3) is 3.00. The Labute approximate surface area is 127 Å². The van der Waals surface area contributed by atoms with Gasteiger partial charge >= 0.3 is 0 Å². The first-order chi connectivity index (χ1) is 9.94. The lowest BCUT2D eigenvalue weighted by Gasteiger charge is -2.28. The van der Waals surface area contributed by atoms with Gasteiger partial charge in [-0.3, -0.25) is 0 Å². The SMILES string of the molecule is CCOc1c(C2(C)OCCO2)cc(Cl)c(F)c1C(O)CN. The maximum Gasteiger partial charge on any atom is 0.195 e. The van der Waals surface area contributed by atoms with Gasteiger partial charge in [-0.2, -0.15) is 0 Å². The number of hydrogen-bond acceptors (Lipinski definition) is 5. The van der Waals surface area contributed by atoms with Crippen LogP contribution in [0.3, 0.4) is 0 Å². The molecule has 0 spiro atoms. The van der Waals surface area contributed by atoms with Gasteiger partial charge in [0.15, 0.2) is 11.6 Å². The van der Waals surface area contributed by atoms with Crippen molar-refractivity contribution in [3.05, 3.63) is 28.0 Å². The second kappa shape index (κ2) is 6.46. The highest BCUT2D eigenvalue weighted by Gasteiger charge is 2.39. The molecule has 118 valence electrons. The molecule has 0 aliphatic carbocycles. The van der Waals surface area contributed by atoms with E-state index in [-0.39, 0.29) is 29.5 Å². The number of halogens is 2. The molecule has 1 aromatic rings. The van der Waals surface area contributed by atoms with Crippen molar-refractivity contribution in [1.29, 1.82) is 0 Å². The Bertz CT molecular complexity index is 520. The van der Waals surface area contributed by atoms with Crippen LogP contribution in [0.25, 0.3) is 0 Å². The molecule has 1 aliphatic rings. The monoisotopic (exact) mass is 319 g/mol. The predicted octanol–water partition coefficient (Wildman–Crippen LogP) is 2.09. The van der Waals surface area contributed by atoms with Crippen molar-refractivity contribution in [3.8, 4) is 5.75 Å². The predicted molar refractivity (Wildman–Crippen MR) is 75.8 cm³/mol. The van der Waals surface area contributed by atoms with Gasteiger partial charge in [-0.1, -0.05) is 11.6 Å². The first-order valence-corrected chi connectivity index (χ1v) is 7.13. The fraction of sp³-hybridized carbons (Fsp3) is 0.571. The molecule has 0 aromatic heterocycles. The fourth-order valence-electron chi connectivity index (χ4n) is 2.35. The first-order valence-electron chi connectivity index (χ1n) is 6.75. The zero-order valence-corrected chi connectivity index (χ0v) is 12.7. The molecule has 1 heterocycles. The van der Waals surface area contributed by atoms with Gasteiger partial charge in [0.2, 0.25) is 0 Å². The summed E-state index contributed by atoms with van der Waals surface area (Å²) in [7, 11) is 0. The largest absolute Gasteiger partial charge is 0.493 e. The Balaban J connectivity index is 2.66. The summed E-state index contributed by atoms with van der Waals surface area (Å²) in [5.41, 5.74) is 5.82. The summed E-state index contributed by atoms with van der Waals surface area (Å²) in [6, 6.07) is 1.40. The average Bonchev–Trinajstić information content (AvgIpc) is 2.90. The van der Waals surface area contributed by atoms with Gasteiger partial charge in [0.1, 0.15) is 5.75 Å². The third-order valence-electron chi connectivity index (χ3n) is 3.38. The average molecular weight is 320 g/mol. The maximum atomic E-state index is 14.3. The van der Waals surface area contributed by atoms with Crippen LogP contribution in [0, 0.1) is 5.82 Å². The van der Waals surface area contributed by atoms with Crippen molar-refractivity contribution in [1.82, 2.24) is 0 Å². The Morgan fingerprint density at radius 2 is 2.14 bits per heavy atom. The second-order valence-electron chi connectivity index (χ2n) is 4.79. The number of aliphatic hydroxyl groups excluding tert-OH is 1. The zero-order chi connectivity index (χ0) is 15.6. The second-order valence-corrected chi connectivity index (χ2v) is 5.20. The van der Waals surface area contributed by atoms with E-state index >= 15 is 0 Å². The minimum absolute atomic E-state index is 0.0674. The van der Waals surface area contributed by atoms with Crippen LogP contribution in [0.1, 0.15) is 31.1 Å². The van der Waals surface area contributed by atoms with Crippen molar-refractivity contribution >= 4 is 11.6 Å². The quantitative estimate of drug-likeness (QED) is 0.869. The summed E-state index contributed by atoms with van der Waals surface area (Å²) in [5, 5.41) is 9.87. The third-order valence-corrected chi connectivity index (χ3v) is 3.65. The summed E-state index contributed by atoms with van der Waals surface area (Å²) in [6.45, 7) is 4.40. The lowest BCUT2D eigenvalue weighted by molar-refractivity contribution is -0.151. The number of ether oxygens (including phenoxy) is 3. The topological polar surface area (TPSA) is 73.9 Å². The number of rotatable bonds is 5. The maximum absolute atomic E-state index is 14.3. The molecule has 1 aromatic carbocycles. The van der Waals surface area contributed by atoms with Crippen LogP contribution in [0.2, 0.25) is 5.02 Å². The van der Waals surface area contributed by atoms with E-state index in [2.05, 4.69) is 0 Å². The molecular formula is C14H19ClFNO4. The highest BCUT2D eigenvalue weighted by Crippen LogP contribution is 2.43. The van der Waals surface area contributed by atoms with Gasteiger partial charge in [0, 0.05) is 6.54 Å². The zero-order valence-electron chi connectivity index (χ0n) is 12.0. The fourth-order valence-corrected chi connectivity index (χ4v) is 2.56. The van der Waals surface area contributed by atoms with E-state index in [0.717, 1.165) is 0 Å². The van der Waals surface area contributed by atoms with Gasteiger partial charge in [0.25, 0.3) is 0 Å². The summed E-state index contributed by atoms with van der Waals surface area (Å²) >= 11 is 5.94. The van der Waals surface area contributed by atoms with E-state index < -0.39 is 17.7 Å². The normalized spacial score (nSPS) is 18.8. The molecule has 1 unspecified atom stereocenters. The van der Waals surface area contributed by atoms with Gasteiger partial charge in [-0.05, 0) is 19.9 Å². The van der Waals surface area contributed by atoms with Crippen molar-refractivity contribution in [3.63, 3.8) is 0 Å². The molecule has 0 amide bonds. The molecule has 3 N–H and O–H groups in total. The molecule has 0 bridgehead atoms. The van der Waals surface area contributed by atoms with E-state index in [4.69, 9.17) is 31.5 Å². The van der Waals surface area contributed by atoms with Crippen LogP contribution in [-0.2, 0) is 15.3 Å². The summed E-state index contributed by atoms with van der Waals surface area (Å²) in [6.07, 6.45) is -1.23. The minimum atomic E-state index is -1.23. The van der Waals surface area contributed by atoms with Crippen LogP contribution in [0.5, 0.6) is 5.75 Å². The van der Waals surface area contributed by atoms with Crippen molar-refractivity contribution in [2.45, 2.75) is 25.7 Å². The molecule has 1 fully saturated rings. The van der Waals surface area contributed by atoms with Crippen LogP contribution >= 0.6 is 11.6 Å². The summed E-state index contributed by atoms with van der Waals surface area (Å²) in [4.78, 5) is 0. The van der Waals surface area contributed by atoms with Gasteiger partial charge in [0.05, 0.1) is 42.1 Å². The summed E-state index contributed by atoms with van der Waals surface area (Å²) < 4.78 is 31.0. The van der Waals surface area contributed by atoms with Crippen LogP contribution in [-0.4, -0.2) is 31.5 Å². The van der Waals surface area contributed by atoms with Crippen molar-refractivity contribution < 1.29 is 23.7 Å². The highest BCUT2D eigenvalue weighted by atomic mass is 35.5. The molecule has 0 radical (unpaired) electrons. The molecule has 1 aliphatic heterocycles. The molecule has 5 nitrogen and oxygen atoms in total. The van der Waals surface area contributed by atoms with E-state index in [1.165, 1.54) is 6.07 Å². The molecule has 21 heavy (non-hydrogen) atoms. The molecule has 2 rings (SSSR count). The molecule has 1 saturated heterocycles. The van der Waals surface area contributed by atoms with Gasteiger partial charge in [-0.15, -0.1) is 0 Å². The number of hydrogen-bond donors (Lipinski definition) is 2. The lowest BCUT2D eigenvalue weighted by Crippen LogP contribution is -2.26. The highest BCUT2D eigenvalue weighted by molar-refractivity contribution is 6.31. The minimum Gasteiger partial charge on any atom is -0.493 e. The first kappa shape index (κ1) is 16.5. The van der Waals surface area contributed by atoms with Crippen LogP contribution in [0.15, 0.2) is 6.07 Å². The Hall–Kier alpha value is -0.920. The number of aliphatic hydroxyl groups is 1. The van der Waals surface area contributed by atoms with Crippen molar-refractivity contribution in [2.75, 3.05) is 26.4 Å². The molecule has 0 saturated carbocycles. The van der Waals surface area contributed by atoms with E-state index in [1.54, 1.807) is 13.8 Å². The number of nitrogens with two attached hydrogens (primary N) is 1. The van der Waals surface area contributed by atoms with E-state index in [9.17, 15) is 9.50 Å². The van der Waals surface area contributed by atoms with Crippen molar-refractivity contribution in [2.24, 2.45) is 5.73 Å². The molecule has 7 heteroatoms. The van der Waals surface area contributed by atoms with E-state index in [0.29, 0.717) is 18.8 Å². The lowest BCUT2D eigenvalue weighted by atomic mass is 9.98. The van der Waals surface area contributed by atoms with Crippen LogP contribution in [0.4, 0.5) is 4.39 Å². The Kier molecular flexibility index (Phi) is 5.06. The molecule has 1 atom stereocenters. The Morgan fingerprint density at radius 3 is 2.67 bits per heavy atom. The van der Waals surface area contributed by atoms with Gasteiger partial charge in [-0.25, -0.2) is 4.39 Å². The molecular weight excluding hydrogens is 301 g/mol. The number of benzene rings is 1. The van der Waals surface area contributed by atoms with Gasteiger partial charge < -0.3 is 25.1 Å². The Morgan fingerprint density at radius 1 is 1.52 bits per heavy atom. The standard InChI is InChI=1S/C14H19ClFNO4/c1-3-19-13-8(14(2)20-4-5-21-14)6-9(15)12(16)11(13)10(18)7-17/h6,10,18H,3-5,7,17H2,1-2H3. The van der Waals surface area contributed by atoms with Crippen LogP contribution < -0.4 is 10.5 Å². The smallest absolute Gasteiger partial charge is 0.195 e. The van der Waals surface area contributed by atoms with E-state index in [1.807, 2.05) is 0 Å².